The van der Waals surface area contributed by atoms with Crippen LogP contribution in [0.15, 0.2) is 64.7 Å². The molecule has 1 aromatic heterocycles. The van der Waals surface area contributed by atoms with Crippen LogP contribution in [0.4, 0.5) is 4.39 Å². The van der Waals surface area contributed by atoms with E-state index in [1.165, 1.54) is 23.9 Å². The van der Waals surface area contributed by atoms with Gasteiger partial charge in [-0.1, -0.05) is 12.1 Å². The summed E-state index contributed by atoms with van der Waals surface area (Å²) in [6.07, 6.45) is 5.70. The van der Waals surface area contributed by atoms with Gasteiger partial charge in [-0.25, -0.2) is 9.37 Å². The van der Waals surface area contributed by atoms with E-state index < -0.39 is 6.10 Å². The molecule has 162 valence electrons. The van der Waals surface area contributed by atoms with Crippen molar-refractivity contribution in [1.29, 1.82) is 0 Å². The van der Waals surface area contributed by atoms with E-state index in [0.29, 0.717) is 22.4 Å². The fourth-order valence-corrected chi connectivity index (χ4v) is 4.24. The molecule has 1 N–H and O–H groups in total. The van der Waals surface area contributed by atoms with Gasteiger partial charge < -0.3 is 9.84 Å². The number of ether oxygens (including phenoxy) is 1. The summed E-state index contributed by atoms with van der Waals surface area (Å²) in [6, 6.07) is 11.9. The van der Waals surface area contributed by atoms with Gasteiger partial charge in [-0.2, -0.15) is 0 Å². The number of benzene rings is 2. The lowest BCUT2D eigenvalue weighted by Gasteiger charge is -2.15. The van der Waals surface area contributed by atoms with Gasteiger partial charge >= 0.3 is 0 Å². The predicted molar refractivity (Wildman–Crippen MR) is 120 cm³/mol. The second-order valence-electron chi connectivity index (χ2n) is 7.80. The first-order chi connectivity index (χ1) is 15.0. The summed E-state index contributed by atoms with van der Waals surface area (Å²) in [4.78, 5) is 17.2. The Morgan fingerprint density at radius 3 is 2.74 bits per heavy atom. The summed E-state index contributed by atoms with van der Waals surface area (Å²) in [5, 5.41) is 10.4. The summed E-state index contributed by atoms with van der Waals surface area (Å²) >= 11 is 1.39. The quantitative estimate of drug-likeness (QED) is 0.506. The Kier molecular flexibility index (Phi) is 6.73. The zero-order valence-corrected chi connectivity index (χ0v) is 18.1. The Morgan fingerprint density at radius 1 is 1.26 bits per heavy atom. The molecule has 0 saturated heterocycles. The van der Waals surface area contributed by atoms with E-state index in [4.69, 9.17) is 4.74 Å². The van der Waals surface area contributed by atoms with Crippen molar-refractivity contribution in [1.82, 2.24) is 9.55 Å². The molecule has 1 saturated carbocycles. The number of halogens is 1. The molecule has 0 amide bonds. The average Bonchev–Trinajstić information content (AvgIpc) is 3.61. The Balaban J connectivity index is 1.42. The summed E-state index contributed by atoms with van der Waals surface area (Å²) in [7, 11) is 0. The second-order valence-corrected chi connectivity index (χ2v) is 8.88. The minimum Gasteiger partial charge on any atom is -0.491 e. The number of aryl methyl sites for hydroxylation is 2. The molecule has 3 aromatic rings. The first-order valence-electron chi connectivity index (χ1n) is 10.4. The molecule has 4 rings (SSSR count). The van der Waals surface area contributed by atoms with Gasteiger partial charge in [0.2, 0.25) is 0 Å². The third-order valence-electron chi connectivity index (χ3n) is 5.36. The molecule has 1 atom stereocenters. The number of hydrogen-bond acceptors (Lipinski definition) is 5. The molecule has 0 aliphatic heterocycles. The van der Waals surface area contributed by atoms with Crippen LogP contribution in [0.3, 0.4) is 0 Å². The van der Waals surface area contributed by atoms with Crippen LogP contribution >= 0.6 is 11.8 Å². The highest BCUT2D eigenvalue weighted by molar-refractivity contribution is 7.99. The zero-order valence-electron chi connectivity index (χ0n) is 17.3. The largest absolute Gasteiger partial charge is 0.491 e. The highest BCUT2D eigenvalue weighted by Gasteiger charge is 2.30. The fourth-order valence-electron chi connectivity index (χ4n) is 3.35. The maximum atomic E-state index is 13.0. The Hall–Kier alpha value is -2.64. The summed E-state index contributed by atoms with van der Waals surface area (Å²) < 4.78 is 20.4. The number of aliphatic hydroxyl groups excluding tert-OH is 1. The molecule has 5 nitrogen and oxygen atoms in total. The summed E-state index contributed by atoms with van der Waals surface area (Å²) in [5.41, 5.74) is 2.47. The Labute approximate surface area is 184 Å². The highest BCUT2D eigenvalue weighted by Crippen LogP contribution is 2.33. The number of thioether (sulfide) groups is 1. The van der Waals surface area contributed by atoms with Gasteiger partial charge in [0.05, 0.1) is 6.10 Å². The minimum atomic E-state index is -0.420. The van der Waals surface area contributed by atoms with Gasteiger partial charge in [0, 0.05) is 23.8 Å². The molecule has 1 unspecified atom stereocenters. The smallest absolute Gasteiger partial charge is 0.287 e. The van der Waals surface area contributed by atoms with Crippen LogP contribution in [0.5, 0.6) is 5.75 Å². The van der Waals surface area contributed by atoms with Gasteiger partial charge in [0.25, 0.3) is 5.56 Å². The molecular weight excluding hydrogens is 415 g/mol. The van der Waals surface area contributed by atoms with E-state index in [1.807, 2.05) is 25.1 Å². The molecular formula is C24H25FN2O3S. The third kappa shape index (κ3) is 5.54. The maximum Gasteiger partial charge on any atom is 0.287 e. The van der Waals surface area contributed by atoms with Gasteiger partial charge in [-0.3, -0.25) is 9.36 Å². The number of rotatable bonds is 9. The van der Waals surface area contributed by atoms with Crippen molar-refractivity contribution in [3.8, 4) is 11.4 Å². The lowest BCUT2D eigenvalue weighted by molar-refractivity contribution is 0.0891. The SMILES string of the molecule is Cc1cc(-n2ccnc(SCCc3ccc(F)cc3)c2=O)ccc1OCC(O)C1CC1. The number of aliphatic hydroxyl groups is 1. The Morgan fingerprint density at radius 2 is 2.03 bits per heavy atom. The van der Waals surface area contributed by atoms with Crippen molar-refractivity contribution in [3.63, 3.8) is 0 Å². The molecule has 0 radical (unpaired) electrons. The lowest BCUT2D eigenvalue weighted by Crippen LogP contribution is -2.21. The molecule has 0 spiro atoms. The van der Waals surface area contributed by atoms with Gasteiger partial charge in [-0.05, 0) is 73.6 Å². The summed E-state index contributed by atoms with van der Waals surface area (Å²) in [5.74, 6) is 1.50. The monoisotopic (exact) mass is 440 g/mol. The van der Waals surface area contributed by atoms with Gasteiger partial charge in [0.1, 0.15) is 18.2 Å². The van der Waals surface area contributed by atoms with Crippen molar-refractivity contribution >= 4 is 11.8 Å². The van der Waals surface area contributed by atoms with E-state index in [0.717, 1.165) is 36.1 Å². The molecule has 0 bridgehead atoms. The fraction of sp³-hybridized carbons (Fsp3) is 0.333. The van der Waals surface area contributed by atoms with Crippen molar-refractivity contribution in [3.05, 3.63) is 82.2 Å². The van der Waals surface area contributed by atoms with Crippen LogP contribution in [0.25, 0.3) is 5.69 Å². The first kappa shape index (κ1) is 21.6. The van der Waals surface area contributed by atoms with E-state index >= 15 is 0 Å². The van der Waals surface area contributed by atoms with Crippen LogP contribution in [0, 0.1) is 18.7 Å². The molecule has 1 aliphatic carbocycles. The van der Waals surface area contributed by atoms with Crippen LogP contribution in [0.1, 0.15) is 24.0 Å². The van der Waals surface area contributed by atoms with Crippen molar-refractivity contribution in [2.45, 2.75) is 37.3 Å². The third-order valence-corrected chi connectivity index (χ3v) is 6.33. The summed E-state index contributed by atoms with van der Waals surface area (Å²) in [6.45, 7) is 2.21. The molecule has 1 fully saturated rings. The number of hydrogen-bond donors (Lipinski definition) is 1. The van der Waals surface area contributed by atoms with E-state index in [-0.39, 0.29) is 18.0 Å². The standard InChI is InChI=1S/C24H25FN2O3S/c1-16-14-20(8-9-22(16)30-15-21(28)18-4-5-18)27-12-11-26-23(24(27)29)31-13-10-17-2-6-19(25)7-3-17/h2-3,6-9,11-12,14,18,21,28H,4-5,10,13,15H2,1H3. The Bertz CT molecular complexity index is 1100. The lowest BCUT2D eigenvalue weighted by atomic mass is 10.2. The van der Waals surface area contributed by atoms with E-state index in [9.17, 15) is 14.3 Å². The van der Waals surface area contributed by atoms with Crippen molar-refractivity contribution < 1.29 is 14.2 Å². The zero-order chi connectivity index (χ0) is 21.8. The van der Waals surface area contributed by atoms with Crippen LogP contribution in [-0.2, 0) is 6.42 Å². The van der Waals surface area contributed by atoms with Gasteiger partial charge in [0.15, 0.2) is 5.03 Å². The highest BCUT2D eigenvalue weighted by atomic mass is 32.2. The molecule has 1 heterocycles. The minimum absolute atomic E-state index is 0.177. The molecule has 7 heteroatoms. The van der Waals surface area contributed by atoms with Crippen LogP contribution < -0.4 is 10.3 Å². The topological polar surface area (TPSA) is 64.4 Å². The van der Waals surface area contributed by atoms with E-state index in [2.05, 4.69) is 4.98 Å². The van der Waals surface area contributed by atoms with Crippen molar-refractivity contribution in [2.75, 3.05) is 12.4 Å². The van der Waals surface area contributed by atoms with E-state index in [1.54, 1.807) is 29.1 Å². The second kappa shape index (κ2) is 9.66. The molecule has 1 aliphatic rings. The maximum absolute atomic E-state index is 13.0. The molecule has 31 heavy (non-hydrogen) atoms. The number of aromatic nitrogens is 2. The first-order valence-corrected chi connectivity index (χ1v) is 11.4. The predicted octanol–water partition coefficient (Wildman–Crippen LogP) is 4.16. The number of nitrogens with zero attached hydrogens (tertiary/aromatic N) is 2. The van der Waals surface area contributed by atoms with Crippen molar-refractivity contribution in [2.24, 2.45) is 5.92 Å². The normalized spacial score (nSPS) is 14.4. The van der Waals surface area contributed by atoms with Crippen LogP contribution in [0.2, 0.25) is 0 Å². The van der Waals surface area contributed by atoms with Gasteiger partial charge in [-0.15, -0.1) is 11.8 Å². The van der Waals surface area contributed by atoms with Crippen LogP contribution in [-0.4, -0.2) is 33.1 Å². The average molecular weight is 441 g/mol. The molecule has 2 aromatic carbocycles.